The Balaban J connectivity index is 3.07. The molecule has 0 bridgehead atoms. The molecule has 10 heavy (non-hydrogen) atoms. The van der Waals surface area contributed by atoms with Gasteiger partial charge in [-0.3, -0.25) is 4.58 Å². The minimum absolute atomic E-state index is 0.421. The Hall–Kier alpha value is -1.51. The van der Waals surface area contributed by atoms with Gasteiger partial charge in [0.15, 0.2) is 5.58 Å². The molecule has 3 nitrogen and oxygen atoms in total. The second kappa shape index (κ2) is 1.73. The maximum absolute atomic E-state index is 10.7. The predicted molar refractivity (Wildman–Crippen MR) is 34.8 cm³/mol. The molecule has 0 aliphatic rings. The largest absolute Gasteiger partial charge is 0.390 e. The lowest BCUT2D eigenvalue weighted by molar-refractivity contribution is 0.0658. The SMILES string of the molecule is O=c1ooc2ccccc12. The summed E-state index contributed by atoms with van der Waals surface area (Å²) in [6.45, 7) is 0. The first-order valence-electron chi connectivity index (χ1n) is 2.86. The van der Waals surface area contributed by atoms with Crippen LogP contribution in [0.2, 0.25) is 0 Å². The smallest absolute Gasteiger partial charge is 0.286 e. The van der Waals surface area contributed by atoms with Gasteiger partial charge in [-0.1, -0.05) is 12.1 Å². The average molecular weight is 136 g/mol. The van der Waals surface area contributed by atoms with E-state index in [0.29, 0.717) is 11.0 Å². The summed E-state index contributed by atoms with van der Waals surface area (Å²) in [5.41, 5.74) is 0.0723. The molecule has 1 heterocycles. The lowest BCUT2D eigenvalue weighted by Gasteiger charge is -1.76. The Morgan fingerprint density at radius 2 is 1.90 bits per heavy atom. The van der Waals surface area contributed by atoms with Crippen LogP contribution in [0.1, 0.15) is 0 Å². The van der Waals surface area contributed by atoms with Crippen LogP contribution in [0.5, 0.6) is 0 Å². The maximum Gasteiger partial charge on any atom is 0.390 e. The third-order valence-corrected chi connectivity index (χ3v) is 1.31. The summed E-state index contributed by atoms with van der Waals surface area (Å²) in [6.07, 6.45) is 0. The van der Waals surface area contributed by atoms with Crippen LogP contribution in [-0.4, -0.2) is 0 Å². The van der Waals surface area contributed by atoms with Gasteiger partial charge in [0.2, 0.25) is 0 Å². The number of hydrogen-bond acceptors (Lipinski definition) is 3. The molecule has 0 unspecified atom stereocenters. The Morgan fingerprint density at radius 1 is 1.10 bits per heavy atom. The standard InChI is InChI=1S/C7H4O3/c8-7-5-3-1-2-4-6(5)9-10-7/h1-4H. The lowest BCUT2D eigenvalue weighted by Crippen LogP contribution is -1.88. The van der Waals surface area contributed by atoms with Crippen LogP contribution in [0.4, 0.5) is 0 Å². The van der Waals surface area contributed by atoms with Gasteiger partial charge in [0.25, 0.3) is 0 Å². The molecular formula is C7H4O3. The highest BCUT2D eigenvalue weighted by atomic mass is 17.0. The molecule has 2 aromatic rings. The molecule has 2 rings (SSSR count). The molecule has 0 radical (unpaired) electrons. The topological polar surface area (TPSA) is 43.4 Å². The van der Waals surface area contributed by atoms with E-state index in [9.17, 15) is 4.79 Å². The molecule has 1 aromatic heterocycles. The number of rotatable bonds is 0. The van der Waals surface area contributed by atoms with Crippen molar-refractivity contribution in [3.05, 3.63) is 34.7 Å². The molecule has 0 aliphatic carbocycles. The number of fused-ring (bicyclic) bond motifs is 1. The Morgan fingerprint density at radius 3 is 2.70 bits per heavy atom. The van der Waals surface area contributed by atoms with E-state index >= 15 is 0 Å². The molecule has 3 heteroatoms. The quantitative estimate of drug-likeness (QED) is 0.514. The zero-order valence-electron chi connectivity index (χ0n) is 5.03. The summed E-state index contributed by atoms with van der Waals surface area (Å²) in [6, 6.07) is 6.88. The normalized spacial score (nSPS) is 10.4. The molecule has 0 N–H and O–H groups in total. The van der Waals surface area contributed by atoms with Gasteiger partial charge < -0.3 is 0 Å². The highest BCUT2D eigenvalue weighted by Crippen LogP contribution is 2.07. The number of para-hydroxylation sites is 1. The zero-order valence-corrected chi connectivity index (χ0v) is 5.03. The van der Waals surface area contributed by atoms with Gasteiger partial charge in [-0.2, -0.15) is 0 Å². The van der Waals surface area contributed by atoms with Gasteiger partial charge in [-0.25, -0.2) is 9.37 Å². The van der Waals surface area contributed by atoms with E-state index < -0.39 is 5.63 Å². The van der Waals surface area contributed by atoms with Crippen LogP contribution >= 0.6 is 0 Å². The van der Waals surface area contributed by atoms with E-state index in [1.165, 1.54) is 0 Å². The highest BCUT2D eigenvalue weighted by molar-refractivity contribution is 5.74. The van der Waals surface area contributed by atoms with Crippen molar-refractivity contribution in [1.29, 1.82) is 0 Å². The summed E-state index contributed by atoms with van der Waals surface area (Å²) >= 11 is 0. The monoisotopic (exact) mass is 136 g/mol. The number of hydrogen-bond donors (Lipinski definition) is 0. The summed E-state index contributed by atoms with van der Waals surface area (Å²) in [5.74, 6) is 0. The van der Waals surface area contributed by atoms with Gasteiger partial charge in [-0.15, -0.1) is 0 Å². The Kier molecular flexibility index (Phi) is 0.917. The summed E-state index contributed by atoms with van der Waals surface area (Å²) in [4.78, 5) is 10.7. The van der Waals surface area contributed by atoms with Gasteiger partial charge >= 0.3 is 5.63 Å². The third kappa shape index (κ3) is 0.572. The van der Waals surface area contributed by atoms with Crippen molar-refractivity contribution >= 4 is 11.0 Å². The van der Waals surface area contributed by atoms with Crippen LogP contribution in [0.15, 0.2) is 38.2 Å². The van der Waals surface area contributed by atoms with Crippen LogP contribution in [0.25, 0.3) is 11.0 Å². The molecule has 50 valence electrons. The fraction of sp³-hybridized carbons (Fsp3) is 0. The van der Waals surface area contributed by atoms with Crippen molar-refractivity contribution < 1.29 is 9.15 Å². The molecular weight excluding hydrogens is 132 g/mol. The van der Waals surface area contributed by atoms with Crippen molar-refractivity contribution in [1.82, 2.24) is 0 Å². The molecule has 0 spiro atoms. The summed E-state index contributed by atoms with van der Waals surface area (Å²) in [5, 5.41) is 0.488. The van der Waals surface area contributed by atoms with Crippen molar-refractivity contribution in [2.45, 2.75) is 0 Å². The minimum atomic E-state index is -0.421. The van der Waals surface area contributed by atoms with Gasteiger partial charge in [0, 0.05) is 0 Å². The highest BCUT2D eigenvalue weighted by Gasteiger charge is 2.01. The predicted octanol–water partition coefficient (Wildman–Crippen LogP) is 1.39. The first-order chi connectivity index (χ1) is 4.88. The van der Waals surface area contributed by atoms with Gasteiger partial charge in [0.05, 0.1) is 0 Å². The lowest BCUT2D eigenvalue weighted by atomic mass is 10.3. The van der Waals surface area contributed by atoms with E-state index in [1.54, 1.807) is 24.3 Å². The van der Waals surface area contributed by atoms with E-state index in [-0.39, 0.29) is 0 Å². The molecule has 0 amide bonds. The summed E-state index contributed by atoms with van der Waals surface area (Å²) in [7, 11) is 0. The van der Waals surface area contributed by atoms with Crippen molar-refractivity contribution in [2.24, 2.45) is 0 Å². The van der Waals surface area contributed by atoms with E-state index in [1.807, 2.05) is 0 Å². The Bertz CT molecular complexity index is 396. The molecule has 0 fully saturated rings. The fourth-order valence-electron chi connectivity index (χ4n) is 0.836. The number of benzene rings is 1. The second-order valence-corrected chi connectivity index (χ2v) is 1.95. The maximum atomic E-state index is 10.7. The third-order valence-electron chi connectivity index (χ3n) is 1.31. The molecule has 0 aliphatic heterocycles. The first-order valence-corrected chi connectivity index (χ1v) is 2.86. The van der Waals surface area contributed by atoms with Crippen molar-refractivity contribution in [3.63, 3.8) is 0 Å². The van der Waals surface area contributed by atoms with Crippen LogP contribution in [-0.2, 0) is 0 Å². The Labute approximate surface area is 55.8 Å². The van der Waals surface area contributed by atoms with E-state index in [2.05, 4.69) is 9.15 Å². The molecule has 1 aromatic carbocycles. The van der Waals surface area contributed by atoms with E-state index in [0.717, 1.165) is 0 Å². The molecule has 0 saturated heterocycles. The molecule has 0 atom stereocenters. The minimum Gasteiger partial charge on any atom is -0.286 e. The first kappa shape index (κ1) is 5.29. The van der Waals surface area contributed by atoms with Crippen molar-refractivity contribution in [2.75, 3.05) is 0 Å². The van der Waals surface area contributed by atoms with Crippen molar-refractivity contribution in [3.8, 4) is 0 Å². The average Bonchev–Trinajstić information content (AvgIpc) is 2.34. The van der Waals surface area contributed by atoms with Crippen LogP contribution in [0, 0.1) is 0 Å². The van der Waals surface area contributed by atoms with Gasteiger partial charge in [-0.05, 0) is 12.1 Å². The molecule has 0 saturated carbocycles. The fourth-order valence-corrected chi connectivity index (χ4v) is 0.836. The summed E-state index contributed by atoms with van der Waals surface area (Å²) < 4.78 is 8.85. The zero-order chi connectivity index (χ0) is 6.97. The van der Waals surface area contributed by atoms with Crippen LogP contribution in [0.3, 0.4) is 0 Å². The van der Waals surface area contributed by atoms with Gasteiger partial charge in [0.1, 0.15) is 5.39 Å². The van der Waals surface area contributed by atoms with Crippen LogP contribution < -0.4 is 5.63 Å². The second-order valence-electron chi connectivity index (χ2n) is 1.95. The van der Waals surface area contributed by atoms with E-state index in [4.69, 9.17) is 0 Å².